The third kappa shape index (κ3) is 2.33. The molecule has 0 saturated carbocycles. The van der Waals surface area contributed by atoms with Gasteiger partial charge >= 0.3 is 6.18 Å². The first-order chi connectivity index (χ1) is 7.89. The molecular formula is C10H7BrF3N3. The fourth-order valence-electron chi connectivity index (χ4n) is 1.28. The fourth-order valence-corrected chi connectivity index (χ4v) is 1.69. The molecule has 0 spiro atoms. The molecule has 0 bridgehead atoms. The lowest BCUT2D eigenvalue weighted by Crippen LogP contribution is -2.08. The second kappa shape index (κ2) is 4.14. The molecule has 0 aromatic carbocycles. The van der Waals surface area contributed by atoms with Crippen LogP contribution >= 0.6 is 15.9 Å². The molecule has 0 radical (unpaired) electrons. The quantitative estimate of drug-likeness (QED) is 0.809. The van der Waals surface area contributed by atoms with Gasteiger partial charge in [-0.2, -0.15) is 18.3 Å². The van der Waals surface area contributed by atoms with Crippen molar-refractivity contribution in [3.8, 4) is 5.82 Å². The van der Waals surface area contributed by atoms with Crippen LogP contribution in [-0.4, -0.2) is 14.8 Å². The van der Waals surface area contributed by atoms with Gasteiger partial charge in [0.15, 0.2) is 11.5 Å². The summed E-state index contributed by atoms with van der Waals surface area (Å²) in [5, 5.41) is 3.45. The van der Waals surface area contributed by atoms with Crippen LogP contribution < -0.4 is 0 Å². The average molecular weight is 306 g/mol. The highest BCUT2D eigenvalue weighted by atomic mass is 79.9. The summed E-state index contributed by atoms with van der Waals surface area (Å²) in [6, 6.07) is 2.66. The summed E-state index contributed by atoms with van der Waals surface area (Å²) in [6.45, 7) is 1.82. The summed E-state index contributed by atoms with van der Waals surface area (Å²) in [4.78, 5) is 3.99. The number of rotatable bonds is 1. The van der Waals surface area contributed by atoms with Crippen LogP contribution in [0, 0.1) is 6.92 Å². The molecule has 3 nitrogen and oxygen atoms in total. The predicted octanol–water partition coefficient (Wildman–Crippen LogP) is 3.36. The summed E-state index contributed by atoms with van der Waals surface area (Å²) in [5.41, 5.74) is -0.0632. The zero-order valence-corrected chi connectivity index (χ0v) is 10.2. The Morgan fingerprint density at radius 2 is 2.00 bits per heavy atom. The lowest BCUT2D eigenvalue weighted by Gasteiger charge is -2.05. The van der Waals surface area contributed by atoms with Crippen LogP contribution in [0.15, 0.2) is 29.0 Å². The minimum atomic E-state index is -4.44. The molecule has 2 rings (SSSR count). The van der Waals surface area contributed by atoms with Crippen molar-refractivity contribution in [3.05, 3.63) is 40.3 Å². The zero-order valence-electron chi connectivity index (χ0n) is 8.66. The molecule has 0 N–H and O–H groups in total. The van der Waals surface area contributed by atoms with E-state index in [-0.39, 0.29) is 0 Å². The second-order valence-electron chi connectivity index (χ2n) is 3.41. The molecule has 0 aliphatic rings. The number of nitrogens with zero attached hydrogens (tertiary/aromatic N) is 3. The SMILES string of the molecule is Cc1ccnc(-n2ccc(C(F)(F)F)n2)c1Br. The Balaban J connectivity index is 2.48. The van der Waals surface area contributed by atoms with Gasteiger partial charge in [-0.25, -0.2) is 9.67 Å². The molecule has 0 amide bonds. The first-order valence-electron chi connectivity index (χ1n) is 4.64. The van der Waals surface area contributed by atoms with E-state index in [1.54, 1.807) is 6.07 Å². The Hall–Kier alpha value is -1.37. The molecule has 2 aromatic rings. The first kappa shape index (κ1) is 12.1. The molecule has 0 saturated heterocycles. The molecule has 0 atom stereocenters. The normalized spacial score (nSPS) is 11.8. The summed E-state index contributed by atoms with van der Waals surface area (Å²) >= 11 is 3.27. The third-order valence-electron chi connectivity index (χ3n) is 2.16. The van der Waals surface area contributed by atoms with Gasteiger partial charge in [0.25, 0.3) is 0 Å². The van der Waals surface area contributed by atoms with Crippen LogP contribution in [0.1, 0.15) is 11.3 Å². The van der Waals surface area contributed by atoms with E-state index in [2.05, 4.69) is 26.0 Å². The summed E-state index contributed by atoms with van der Waals surface area (Å²) < 4.78 is 38.9. The highest BCUT2D eigenvalue weighted by molar-refractivity contribution is 9.10. The van der Waals surface area contributed by atoms with Gasteiger partial charge < -0.3 is 0 Å². The van der Waals surface area contributed by atoms with Gasteiger partial charge in [-0.05, 0) is 40.5 Å². The number of halogens is 4. The van der Waals surface area contributed by atoms with E-state index < -0.39 is 11.9 Å². The summed E-state index contributed by atoms with van der Waals surface area (Å²) in [6.07, 6.45) is -1.69. The van der Waals surface area contributed by atoms with E-state index in [9.17, 15) is 13.2 Å². The van der Waals surface area contributed by atoms with Gasteiger partial charge in [-0.15, -0.1) is 0 Å². The van der Waals surface area contributed by atoms with Crippen molar-refractivity contribution < 1.29 is 13.2 Å². The standard InChI is InChI=1S/C10H7BrF3N3/c1-6-2-4-15-9(8(6)11)17-5-3-7(16-17)10(12,13)14/h2-5H,1H3. The number of alkyl halides is 3. The van der Waals surface area contributed by atoms with Crippen LogP contribution in [0.4, 0.5) is 13.2 Å². The Bertz CT molecular complexity index is 548. The maximum absolute atomic E-state index is 12.4. The summed E-state index contributed by atoms with van der Waals surface area (Å²) in [7, 11) is 0. The van der Waals surface area contributed by atoms with Gasteiger partial charge in [0.1, 0.15) is 0 Å². The fraction of sp³-hybridized carbons (Fsp3) is 0.200. The zero-order chi connectivity index (χ0) is 12.6. The first-order valence-corrected chi connectivity index (χ1v) is 5.43. The van der Waals surface area contributed by atoms with Crippen LogP contribution in [0.2, 0.25) is 0 Å². The van der Waals surface area contributed by atoms with Crippen molar-refractivity contribution in [2.75, 3.05) is 0 Å². The topological polar surface area (TPSA) is 30.7 Å². The molecule has 2 aromatic heterocycles. The van der Waals surface area contributed by atoms with Gasteiger partial charge in [-0.3, -0.25) is 0 Å². The lowest BCUT2D eigenvalue weighted by atomic mass is 10.3. The number of hydrogen-bond acceptors (Lipinski definition) is 2. The minimum absolute atomic E-state index is 0.334. The number of aromatic nitrogens is 3. The number of pyridine rings is 1. The molecule has 0 fully saturated rings. The Kier molecular flexibility index (Phi) is 2.94. The van der Waals surface area contributed by atoms with Crippen LogP contribution in [0.5, 0.6) is 0 Å². The van der Waals surface area contributed by atoms with E-state index in [1.165, 1.54) is 12.4 Å². The van der Waals surface area contributed by atoms with Crippen molar-refractivity contribution in [1.82, 2.24) is 14.8 Å². The highest BCUT2D eigenvalue weighted by Crippen LogP contribution is 2.29. The van der Waals surface area contributed by atoms with E-state index in [4.69, 9.17) is 0 Å². The molecule has 0 aliphatic carbocycles. The smallest absolute Gasteiger partial charge is 0.236 e. The van der Waals surface area contributed by atoms with Crippen molar-refractivity contribution in [2.45, 2.75) is 13.1 Å². The number of aryl methyl sites for hydroxylation is 1. The monoisotopic (exact) mass is 305 g/mol. The number of hydrogen-bond donors (Lipinski definition) is 0. The van der Waals surface area contributed by atoms with Crippen LogP contribution in [0.25, 0.3) is 5.82 Å². The van der Waals surface area contributed by atoms with E-state index in [0.29, 0.717) is 10.3 Å². The second-order valence-corrected chi connectivity index (χ2v) is 4.20. The molecular weight excluding hydrogens is 299 g/mol. The molecule has 17 heavy (non-hydrogen) atoms. The largest absolute Gasteiger partial charge is 0.435 e. The van der Waals surface area contributed by atoms with Gasteiger partial charge in [0.05, 0.1) is 4.47 Å². The molecule has 7 heteroatoms. The molecule has 0 unspecified atom stereocenters. The van der Waals surface area contributed by atoms with Crippen molar-refractivity contribution in [2.24, 2.45) is 0 Å². The van der Waals surface area contributed by atoms with Crippen molar-refractivity contribution in [3.63, 3.8) is 0 Å². The van der Waals surface area contributed by atoms with E-state index in [0.717, 1.165) is 16.3 Å². The lowest BCUT2D eigenvalue weighted by molar-refractivity contribution is -0.141. The van der Waals surface area contributed by atoms with Crippen molar-refractivity contribution in [1.29, 1.82) is 0 Å². The minimum Gasteiger partial charge on any atom is -0.236 e. The maximum Gasteiger partial charge on any atom is 0.435 e. The van der Waals surface area contributed by atoms with Crippen LogP contribution in [-0.2, 0) is 6.18 Å². The average Bonchev–Trinajstić information content (AvgIpc) is 2.70. The maximum atomic E-state index is 12.4. The highest BCUT2D eigenvalue weighted by Gasteiger charge is 2.33. The van der Waals surface area contributed by atoms with Gasteiger partial charge in [0.2, 0.25) is 0 Å². The summed E-state index contributed by atoms with van der Waals surface area (Å²) in [5.74, 6) is 0.334. The van der Waals surface area contributed by atoms with Gasteiger partial charge in [0, 0.05) is 12.4 Å². The third-order valence-corrected chi connectivity index (χ3v) is 3.14. The Morgan fingerprint density at radius 1 is 1.29 bits per heavy atom. The van der Waals surface area contributed by atoms with Crippen LogP contribution in [0.3, 0.4) is 0 Å². The Morgan fingerprint density at radius 3 is 2.59 bits per heavy atom. The molecule has 2 heterocycles. The van der Waals surface area contributed by atoms with E-state index in [1.807, 2.05) is 6.92 Å². The van der Waals surface area contributed by atoms with Crippen molar-refractivity contribution >= 4 is 15.9 Å². The van der Waals surface area contributed by atoms with E-state index >= 15 is 0 Å². The molecule has 90 valence electrons. The van der Waals surface area contributed by atoms with Gasteiger partial charge in [-0.1, -0.05) is 0 Å². The Labute approximate surface area is 103 Å². The predicted molar refractivity (Wildman–Crippen MR) is 58.8 cm³/mol. The molecule has 0 aliphatic heterocycles.